The summed E-state index contributed by atoms with van der Waals surface area (Å²) in [5.41, 5.74) is -0.449. The van der Waals surface area contributed by atoms with Crippen molar-refractivity contribution < 1.29 is 9.09 Å². The average molecular weight is 147 g/mol. The zero-order valence-corrected chi connectivity index (χ0v) is 6.55. The minimum atomic E-state index is -2.08. The first kappa shape index (κ1) is 8.68. The van der Waals surface area contributed by atoms with E-state index >= 15 is 0 Å². The Bertz CT molecular complexity index is 140. The Morgan fingerprint density at radius 3 is 2.78 bits per heavy atom. The number of nitrogens with zero attached hydrogens (tertiary/aromatic N) is 1. The minimum Gasteiger partial charge on any atom is -0.330 e. The van der Waals surface area contributed by atoms with E-state index in [-0.39, 0.29) is 0 Å². The summed E-state index contributed by atoms with van der Waals surface area (Å²) in [6, 6.07) is 1.86. The fraction of sp³-hybridized carbons (Fsp3) is 0.800. The van der Waals surface area contributed by atoms with Gasteiger partial charge in [0.25, 0.3) is 0 Å². The largest absolute Gasteiger partial charge is 0.330 e. The summed E-state index contributed by atoms with van der Waals surface area (Å²) in [4.78, 5) is 0. The van der Waals surface area contributed by atoms with Crippen molar-refractivity contribution in [1.82, 2.24) is 0 Å². The van der Waals surface area contributed by atoms with Gasteiger partial charge in [-0.15, -0.1) is 0 Å². The Hall–Kier alpha value is -0.320. The van der Waals surface area contributed by atoms with E-state index in [0.717, 1.165) is 0 Å². The van der Waals surface area contributed by atoms with Crippen LogP contribution >= 0.6 is 8.03 Å². The van der Waals surface area contributed by atoms with Crippen LogP contribution in [0.25, 0.3) is 0 Å². The summed E-state index contributed by atoms with van der Waals surface area (Å²) in [7, 11) is -2.08. The van der Waals surface area contributed by atoms with Crippen LogP contribution in [0.15, 0.2) is 0 Å². The lowest BCUT2D eigenvalue weighted by molar-refractivity contribution is 0.348. The van der Waals surface area contributed by atoms with Gasteiger partial charge in [0, 0.05) is 0 Å². The fourth-order valence-corrected chi connectivity index (χ4v) is 0.960. The highest BCUT2D eigenvalue weighted by atomic mass is 31.1. The minimum absolute atomic E-state index is 0.420. The Labute approximate surface area is 55.5 Å². The first-order chi connectivity index (χ1) is 4.22. The number of hydrogen-bond acceptors (Lipinski definition) is 3. The molecule has 0 radical (unpaired) electrons. The summed E-state index contributed by atoms with van der Waals surface area (Å²) >= 11 is 0. The number of hydrogen-bond donors (Lipinski definition) is 0. The van der Waals surface area contributed by atoms with Gasteiger partial charge in [0.15, 0.2) is 0 Å². The maximum Gasteiger partial charge on any atom is 0.208 e. The third kappa shape index (κ3) is 3.29. The molecule has 2 unspecified atom stereocenters. The van der Waals surface area contributed by atoms with Crippen molar-refractivity contribution in [3.05, 3.63) is 0 Å². The highest BCUT2D eigenvalue weighted by Crippen LogP contribution is 2.27. The van der Waals surface area contributed by atoms with Crippen LogP contribution in [0.1, 0.15) is 13.8 Å². The first-order valence-electron chi connectivity index (χ1n) is 2.78. The van der Waals surface area contributed by atoms with E-state index in [1.54, 1.807) is 13.8 Å². The van der Waals surface area contributed by atoms with E-state index in [4.69, 9.17) is 9.79 Å². The van der Waals surface area contributed by atoms with Gasteiger partial charge in [-0.05, 0) is 13.8 Å². The van der Waals surface area contributed by atoms with E-state index in [2.05, 4.69) is 0 Å². The van der Waals surface area contributed by atoms with E-state index < -0.39 is 13.7 Å². The molecule has 0 aliphatic carbocycles. The van der Waals surface area contributed by atoms with Crippen molar-refractivity contribution in [2.45, 2.75) is 19.5 Å². The highest BCUT2D eigenvalue weighted by Gasteiger charge is 2.07. The maximum absolute atomic E-state index is 10.7. The molecular weight excluding hydrogens is 137 g/mol. The van der Waals surface area contributed by atoms with Crippen molar-refractivity contribution in [2.24, 2.45) is 0 Å². The molecule has 0 bridgehead atoms. The Balaban J connectivity index is 3.63. The Morgan fingerprint density at radius 2 is 2.44 bits per heavy atom. The second-order valence-corrected chi connectivity index (χ2v) is 3.40. The molecule has 4 heteroatoms. The lowest BCUT2D eigenvalue weighted by Gasteiger charge is -2.00. The first-order valence-corrected chi connectivity index (χ1v) is 4.18. The van der Waals surface area contributed by atoms with Crippen molar-refractivity contribution in [2.75, 3.05) is 6.61 Å². The molecule has 3 nitrogen and oxygen atoms in total. The highest BCUT2D eigenvalue weighted by molar-refractivity contribution is 7.40. The molecule has 0 aromatic carbocycles. The van der Waals surface area contributed by atoms with Gasteiger partial charge in [-0.25, -0.2) is 0 Å². The second-order valence-electron chi connectivity index (χ2n) is 1.60. The summed E-state index contributed by atoms with van der Waals surface area (Å²) in [6.45, 7) is 3.77. The van der Waals surface area contributed by atoms with Crippen LogP contribution < -0.4 is 0 Å². The smallest absolute Gasteiger partial charge is 0.208 e. The zero-order valence-electron chi connectivity index (χ0n) is 5.55. The maximum atomic E-state index is 10.7. The Kier molecular flexibility index (Phi) is 4.39. The standard InChI is InChI=1S/C5H10NO2P/c1-3-8-9(7)5(2)4-6/h5,9H,3H2,1-2H3. The summed E-state index contributed by atoms with van der Waals surface area (Å²) in [6.07, 6.45) is 0. The molecule has 0 aromatic rings. The third-order valence-electron chi connectivity index (χ3n) is 0.834. The van der Waals surface area contributed by atoms with Gasteiger partial charge in [-0.2, -0.15) is 5.26 Å². The SMILES string of the molecule is CCO[PH](=O)C(C)C#N. The fourth-order valence-electron chi connectivity index (χ4n) is 0.320. The van der Waals surface area contributed by atoms with Crippen LogP contribution in [0.5, 0.6) is 0 Å². The molecule has 0 heterocycles. The number of nitriles is 1. The van der Waals surface area contributed by atoms with E-state index in [1.807, 2.05) is 6.07 Å². The molecule has 0 saturated carbocycles. The molecule has 0 spiro atoms. The van der Waals surface area contributed by atoms with Crippen molar-refractivity contribution >= 4 is 8.03 Å². The molecule has 0 saturated heterocycles. The molecular formula is C5H10NO2P. The number of rotatable bonds is 3. The molecule has 0 aliphatic heterocycles. The van der Waals surface area contributed by atoms with E-state index in [9.17, 15) is 4.57 Å². The predicted molar refractivity (Wildman–Crippen MR) is 35.7 cm³/mol. The van der Waals surface area contributed by atoms with Crippen molar-refractivity contribution in [1.29, 1.82) is 5.26 Å². The predicted octanol–water partition coefficient (Wildman–Crippen LogP) is 1.41. The van der Waals surface area contributed by atoms with E-state index in [1.165, 1.54) is 0 Å². The van der Waals surface area contributed by atoms with Crippen LogP contribution in [0.4, 0.5) is 0 Å². The molecule has 0 rings (SSSR count). The van der Waals surface area contributed by atoms with Gasteiger partial charge in [0.05, 0.1) is 12.7 Å². The van der Waals surface area contributed by atoms with Crippen LogP contribution in [-0.2, 0) is 9.09 Å². The molecule has 0 fully saturated rings. The van der Waals surface area contributed by atoms with Crippen molar-refractivity contribution in [3.63, 3.8) is 0 Å². The zero-order chi connectivity index (χ0) is 7.28. The van der Waals surface area contributed by atoms with Gasteiger partial charge >= 0.3 is 0 Å². The molecule has 0 N–H and O–H groups in total. The molecule has 2 atom stereocenters. The summed E-state index contributed by atoms with van der Waals surface area (Å²) in [5, 5.41) is 8.23. The van der Waals surface area contributed by atoms with Gasteiger partial charge in [-0.1, -0.05) is 0 Å². The van der Waals surface area contributed by atoms with Gasteiger partial charge in [-0.3, -0.25) is 4.57 Å². The van der Waals surface area contributed by atoms with Crippen LogP contribution in [0, 0.1) is 11.3 Å². The normalized spacial score (nSPS) is 16.1. The van der Waals surface area contributed by atoms with Gasteiger partial charge in [0.1, 0.15) is 5.66 Å². The third-order valence-corrected chi connectivity index (χ3v) is 2.24. The Morgan fingerprint density at radius 1 is 1.89 bits per heavy atom. The van der Waals surface area contributed by atoms with E-state index in [0.29, 0.717) is 6.61 Å². The van der Waals surface area contributed by atoms with Crippen LogP contribution in [-0.4, -0.2) is 12.3 Å². The summed E-state index contributed by atoms with van der Waals surface area (Å²) < 4.78 is 15.4. The van der Waals surface area contributed by atoms with Crippen LogP contribution in [0.2, 0.25) is 0 Å². The summed E-state index contributed by atoms with van der Waals surface area (Å²) in [5.74, 6) is 0. The van der Waals surface area contributed by atoms with Crippen LogP contribution in [0.3, 0.4) is 0 Å². The molecule has 0 aliphatic rings. The quantitative estimate of drug-likeness (QED) is 0.567. The average Bonchev–Trinajstić information content (AvgIpc) is 1.87. The molecule has 0 amide bonds. The van der Waals surface area contributed by atoms with Crippen molar-refractivity contribution in [3.8, 4) is 6.07 Å². The van der Waals surface area contributed by atoms with Gasteiger partial charge < -0.3 is 4.52 Å². The lowest BCUT2D eigenvalue weighted by Crippen LogP contribution is -1.92. The van der Waals surface area contributed by atoms with Gasteiger partial charge in [0.2, 0.25) is 8.03 Å². The second kappa shape index (κ2) is 4.55. The molecule has 0 aromatic heterocycles. The topological polar surface area (TPSA) is 50.1 Å². The monoisotopic (exact) mass is 147 g/mol. The molecule has 9 heavy (non-hydrogen) atoms. The molecule has 52 valence electrons. The lowest BCUT2D eigenvalue weighted by atomic mass is 10.5.